The van der Waals surface area contributed by atoms with Gasteiger partial charge in [0.25, 0.3) is 5.91 Å². The molecule has 0 aromatic carbocycles. The molecule has 1 unspecified atom stereocenters. The number of aliphatic hydroxyl groups excluding tert-OH is 1. The van der Waals surface area contributed by atoms with E-state index in [0.717, 1.165) is 32.2 Å². The lowest BCUT2D eigenvalue weighted by molar-refractivity contribution is -0.152. The minimum absolute atomic E-state index is 0.0125. The summed E-state index contributed by atoms with van der Waals surface area (Å²) in [6, 6.07) is 0.0125. The maximum absolute atomic E-state index is 12.2. The van der Waals surface area contributed by atoms with E-state index in [2.05, 4.69) is 0 Å². The maximum atomic E-state index is 12.2. The average molecular weight is 213 g/mol. The van der Waals surface area contributed by atoms with Gasteiger partial charge >= 0.3 is 0 Å². The number of aliphatic hydroxyl groups is 1. The molecule has 0 aliphatic carbocycles. The number of ether oxygens (including phenoxy) is 1. The molecule has 2 saturated heterocycles. The standard InChI is InChI=1S/C11H19NO3/c1-11(5-3-7-15-11)10(14)12-6-2-4-9(12)8-13/h9,13H,2-8H2,1H3/t9-,11?/m0/s1. The highest BCUT2D eigenvalue weighted by molar-refractivity contribution is 5.85. The first-order chi connectivity index (χ1) is 7.17. The number of hydrogen-bond acceptors (Lipinski definition) is 3. The summed E-state index contributed by atoms with van der Waals surface area (Å²) in [6.07, 6.45) is 3.67. The third-order valence-corrected chi connectivity index (χ3v) is 3.52. The molecule has 1 N–H and O–H groups in total. The van der Waals surface area contributed by atoms with Crippen LogP contribution in [0.3, 0.4) is 0 Å². The quantitative estimate of drug-likeness (QED) is 0.728. The second kappa shape index (κ2) is 4.10. The Morgan fingerprint density at radius 3 is 3.00 bits per heavy atom. The molecular formula is C11H19NO3. The molecule has 0 bridgehead atoms. The molecule has 1 amide bonds. The van der Waals surface area contributed by atoms with Gasteiger partial charge < -0.3 is 14.7 Å². The van der Waals surface area contributed by atoms with Crippen LogP contribution in [0.4, 0.5) is 0 Å². The topological polar surface area (TPSA) is 49.8 Å². The van der Waals surface area contributed by atoms with Gasteiger partial charge in [-0.3, -0.25) is 4.79 Å². The van der Waals surface area contributed by atoms with Crippen molar-refractivity contribution in [3.63, 3.8) is 0 Å². The highest BCUT2D eigenvalue weighted by atomic mass is 16.5. The molecular weight excluding hydrogens is 194 g/mol. The molecule has 2 heterocycles. The molecule has 86 valence electrons. The molecule has 0 radical (unpaired) electrons. The summed E-state index contributed by atoms with van der Waals surface area (Å²) in [5, 5.41) is 9.18. The van der Waals surface area contributed by atoms with Gasteiger partial charge in [0.05, 0.1) is 12.6 Å². The van der Waals surface area contributed by atoms with Gasteiger partial charge in [-0.1, -0.05) is 0 Å². The summed E-state index contributed by atoms with van der Waals surface area (Å²) in [5.41, 5.74) is -0.627. The number of hydrogen-bond donors (Lipinski definition) is 1. The van der Waals surface area contributed by atoms with Crippen LogP contribution in [0.5, 0.6) is 0 Å². The third kappa shape index (κ3) is 1.88. The van der Waals surface area contributed by atoms with Gasteiger partial charge in [-0.2, -0.15) is 0 Å². The Labute approximate surface area is 90.2 Å². The lowest BCUT2D eigenvalue weighted by Gasteiger charge is -2.31. The second-order valence-electron chi connectivity index (χ2n) is 4.66. The summed E-state index contributed by atoms with van der Waals surface area (Å²) in [7, 11) is 0. The van der Waals surface area contributed by atoms with E-state index in [1.54, 1.807) is 4.90 Å². The third-order valence-electron chi connectivity index (χ3n) is 3.52. The van der Waals surface area contributed by atoms with Crippen LogP contribution in [-0.2, 0) is 9.53 Å². The van der Waals surface area contributed by atoms with Crippen LogP contribution in [-0.4, -0.2) is 47.3 Å². The Morgan fingerprint density at radius 2 is 2.40 bits per heavy atom. The van der Waals surface area contributed by atoms with Crippen LogP contribution in [0.15, 0.2) is 0 Å². The minimum Gasteiger partial charge on any atom is -0.394 e. The summed E-state index contributed by atoms with van der Waals surface area (Å²) in [4.78, 5) is 14.0. The predicted octanol–water partition coefficient (Wildman–Crippen LogP) is 0.539. The summed E-state index contributed by atoms with van der Waals surface area (Å²) in [5.74, 6) is 0.0663. The Kier molecular flexibility index (Phi) is 2.98. The molecule has 0 aromatic rings. The van der Waals surface area contributed by atoms with Crippen molar-refractivity contribution in [3.05, 3.63) is 0 Å². The first kappa shape index (κ1) is 10.9. The zero-order valence-electron chi connectivity index (χ0n) is 9.24. The number of amides is 1. The fourth-order valence-electron chi connectivity index (χ4n) is 2.54. The Hall–Kier alpha value is -0.610. The van der Waals surface area contributed by atoms with Crippen molar-refractivity contribution in [1.29, 1.82) is 0 Å². The van der Waals surface area contributed by atoms with Gasteiger partial charge in [0, 0.05) is 13.2 Å². The second-order valence-corrected chi connectivity index (χ2v) is 4.66. The summed E-state index contributed by atoms with van der Waals surface area (Å²) >= 11 is 0. The van der Waals surface area contributed by atoms with Crippen LogP contribution in [0, 0.1) is 0 Å². The van der Waals surface area contributed by atoms with E-state index in [-0.39, 0.29) is 18.6 Å². The van der Waals surface area contributed by atoms with Gasteiger partial charge in [0.1, 0.15) is 5.60 Å². The van der Waals surface area contributed by atoms with Crippen molar-refractivity contribution >= 4 is 5.91 Å². The minimum atomic E-state index is -0.627. The monoisotopic (exact) mass is 213 g/mol. The predicted molar refractivity (Wildman–Crippen MR) is 55.4 cm³/mol. The summed E-state index contributed by atoms with van der Waals surface area (Å²) in [6.45, 7) is 3.39. The first-order valence-corrected chi connectivity index (χ1v) is 5.73. The lowest BCUT2D eigenvalue weighted by atomic mass is 10.0. The van der Waals surface area contributed by atoms with Gasteiger partial charge in [0.2, 0.25) is 0 Å². The van der Waals surface area contributed by atoms with E-state index >= 15 is 0 Å². The molecule has 0 spiro atoms. The summed E-state index contributed by atoms with van der Waals surface area (Å²) < 4.78 is 5.53. The average Bonchev–Trinajstić information content (AvgIpc) is 2.85. The molecule has 2 atom stereocenters. The van der Waals surface area contributed by atoms with Crippen molar-refractivity contribution in [2.24, 2.45) is 0 Å². The molecule has 2 rings (SSSR count). The van der Waals surface area contributed by atoms with Crippen molar-refractivity contribution in [1.82, 2.24) is 4.90 Å². The molecule has 0 aromatic heterocycles. The number of carbonyl (C=O) groups excluding carboxylic acids is 1. The molecule has 2 aliphatic heterocycles. The molecule has 0 saturated carbocycles. The van der Waals surface area contributed by atoms with Gasteiger partial charge in [-0.25, -0.2) is 0 Å². The van der Waals surface area contributed by atoms with Gasteiger partial charge in [-0.05, 0) is 32.6 Å². The Morgan fingerprint density at radius 1 is 1.60 bits per heavy atom. The molecule has 2 fully saturated rings. The normalized spacial score (nSPS) is 36.1. The van der Waals surface area contributed by atoms with E-state index in [1.807, 2.05) is 6.92 Å². The fraction of sp³-hybridized carbons (Fsp3) is 0.909. The lowest BCUT2D eigenvalue weighted by Crippen LogP contribution is -2.49. The van der Waals surface area contributed by atoms with Crippen molar-refractivity contribution in [3.8, 4) is 0 Å². The Bertz CT molecular complexity index is 248. The zero-order chi connectivity index (χ0) is 10.9. The van der Waals surface area contributed by atoms with Crippen molar-refractivity contribution in [2.75, 3.05) is 19.8 Å². The number of carbonyl (C=O) groups is 1. The van der Waals surface area contributed by atoms with E-state index in [1.165, 1.54) is 0 Å². The molecule has 15 heavy (non-hydrogen) atoms. The molecule has 4 nitrogen and oxygen atoms in total. The number of likely N-dealkylation sites (tertiary alicyclic amines) is 1. The van der Waals surface area contributed by atoms with E-state index < -0.39 is 5.60 Å². The van der Waals surface area contributed by atoms with E-state index in [9.17, 15) is 9.90 Å². The van der Waals surface area contributed by atoms with Crippen molar-refractivity contribution < 1.29 is 14.6 Å². The van der Waals surface area contributed by atoms with Crippen LogP contribution in [0.2, 0.25) is 0 Å². The SMILES string of the molecule is CC1(C(=O)N2CCC[C@H]2CO)CCCO1. The van der Waals surface area contributed by atoms with E-state index in [4.69, 9.17) is 4.74 Å². The van der Waals surface area contributed by atoms with Crippen LogP contribution in [0.25, 0.3) is 0 Å². The Balaban J connectivity index is 2.06. The van der Waals surface area contributed by atoms with E-state index in [0.29, 0.717) is 6.61 Å². The largest absolute Gasteiger partial charge is 0.394 e. The smallest absolute Gasteiger partial charge is 0.254 e. The maximum Gasteiger partial charge on any atom is 0.254 e. The van der Waals surface area contributed by atoms with Crippen molar-refractivity contribution in [2.45, 2.75) is 44.2 Å². The van der Waals surface area contributed by atoms with Crippen LogP contribution in [0.1, 0.15) is 32.6 Å². The van der Waals surface area contributed by atoms with Gasteiger partial charge in [-0.15, -0.1) is 0 Å². The zero-order valence-corrected chi connectivity index (χ0v) is 9.24. The highest BCUT2D eigenvalue weighted by Crippen LogP contribution is 2.30. The van der Waals surface area contributed by atoms with Crippen LogP contribution >= 0.6 is 0 Å². The highest BCUT2D eigenvalue weighted by Gasteiger charge is 2.43. The molecule has 4 heteroatoms. The first-order valence-electron chi connectivity index (χ1n) is 5.73. The fourth-order valence-corrected chi connectivity index (χ4v) is 2.54. The number of nitrogens with zero attached hydrogens (tertiary/aromatic N) is 1. The van der Waals surface area contributed by atoms with Crippen LogP contribution < -0.4 is 0 Å². The molecule has 2 aliphatic rings. The van der Waals surface area contributed by atoms with Gasteiger partial charge in [0.15, 0.2) is 0 Å². The number of rotatable bonds is 2.